The summed E-state index contributed by atoms with van der Waals surface area (Å²) in [6.07, 6.45) is 0. The van der Waals surface area contributed by atoms with E-state index in [4.69, 9.17) is 10.00 Å². The summed E-state index contributed by atoms with van der Waals surface area (Å²) in [6, 6.07) is 25.4. The van der Waals surface area contributed by atoms with Crippen molar-refractivity contribution >= 4 is 28.5 Å². The topological polar surface area (TPSA) is 92.1 Å². The van der Waals surface area contributed by atoms with Gasteiger partial charge in [-0.05, 0) is 31.2 Å². The molecule has 0 aliphatic heterocycles. The molecule has 0 fully saturated rings. The minimum absolute atomic E-state index is 0.329. The molecular formula is C26H19N3O3. The van der Waals surface area contributed by atoms with Gasteiger partial charge in [-0.15, -0.1) is 0 Å². The molecule has 0 spiro atoms. The van der Waals surface area contributed by atoms with Gasteiger partial charge < -0.3 is 10.1 Å². The zero-order valence-electron chi connectivity index (χ0n) is 17.3. The Kier molecular flexibility index (Phi) is 5.91. The first-order valence-electron chi connectivity index (χ1n) is 9.98. The predicted octanol–water partition coefficient (Wildman–Crippen LogP) is 4.88. The second-order valence-electron chi connectivity index (χ2n) is 7.22. The van der Waals surface area contributed by atoms with Crippen LogP contribution < -0.4 is 5.32 Å². The molecule has 156 valence electrons. The highest BCUT2D eigenvalue weighted by Gasteiger charge is 2.17. The highest BCUT2D eigenvalue weighted by atomic mass is 16.5. The van der Waals surface area contributed by atoms with Crippen molar-refractivity contribution in [3.05, 3.63) is 95.6 Å². The van der Waals surface area contributed by atoms with Crippen LogP contribution in [0.1, 0.15) is 21.5 Å². The van der Waals surface area contributed by atoms with Crippen molar-refractivity contribution in [2.24, 2.45) is 0 Å². The summed E-state index contributed by atoms with van der Waals surface area (Å²) in [5, 5.41) is 12.4. The summed E-state index contributed by atoms with van der Waals surface area (Å²) in [5.41, 5.74) is 4.32. The lowest BCUT2D eigenvalue weighted by atomic mass is 10.0. The van der Waals surface area contributed by atoms with E-state index in [0.717, 1.165) is 11.1 Å². The van der Waals surface area contributed by atoms with Gasteiger partial charge in [0.1, 0.15) is 6.07 Å². The summed E-state index contributed by atoms with van der Waals surface area (Å²) in [6.45, 7) is 1.52. The summed E-state index contributed by atoms with van der Waals surface area (Å²) < 4.78 is 5.29. The molecule has 0 saturated carbocycles. The van der Waals surface area contributed by atoms with E-state index in [-0.39, 0.29) is 0 Å². The fourth-order valence-electron chi connectivity index (χ4n) is 3.30. The maximum atomic E-state index is 12.9. The Morgan fingerprint density at radius 2 is 1.72 bits per heavy atom. The van der Waals surface area contributed by atoms with E-state index in [2.05, 4.69) is 10.3 Å². The number of hydrogen-bond donors (Lipinski definition) is 1. The van der Waals surface area contributed by atoms with Crippen molar-refractivity contribution in [2.75, 3.05) is 11.9 Å². The highest BCUT2D eigenvalue weighted by Crippen LogP contribution is 2.26. The van der Waals surface area contributed by atoms with E-state index in [0.29, 0.717) is 33.4 Å². The van der Waals surface area contributed by atoms with Crippen LogP contribution in [-0.2, 0) is 9.53 Å². The van der Waals surface area contributed by atoms with E-state index >= 15 is 0 Å². The number of para-hydroxylation sites is 2. The lowest BCUT2D eigenvalue weighted by molar-refractivity contribution is -0.119. The van der Waals surface area contributed by atoms with Gasteiger partial charge in [-0.1, -0.05) is 60.2 Å². The minimum atomic E-state index is -0.624. The van der Waals surface area contributed by atoms with Gasteiger partial charge in [-0.3, -0.25) is 4.79 Å². The van der Waals surface area contributed by atoms with Crippen LogP contribution in [0.25, 0.3) is 22.2 Å². The van der Waals surface area contributed by atoms with E-state index in [1.807, 2.05) is 55.5 Å². The molecule has 0 atom stereocenters. The summed E-state index contributed by atoms with van der Waals surface area (Å²) in [4.78, 5) is 29.9. The van der Waals surface area contributed by atoms with Crippen LogP contribution in [-0.4, -0.2) is 23.5 Å². The molecule has 1 amide bonds. The Labute approximate surface area is 185 Å². The minimum Gasteiger partial charge on any atom is -0.452 e. The van der Waals surface area contributed by atoms with Crippen molar-refractivity contribution in [1.29, 1.82) is 5.26 Å². The molecule has 6 heteroatoms. The van der Waals surface area contributed by atoms with Crippen LogP contribution >= 0.6 is 0 Å². The number of aryl methyl sites for hydroxylation is 1. The standard InChI is InChI=1S/C26H19N3O3/c1-17-10-12-18(13-11-17)24-14-21(20-7-3-5-9-23(20)28-24)26(31)32-16-25(30)29-22-8-4-2-6-19(22)15-27/h2-14H,16H2,1H3,(H,29,30). The largest absolute Gasteiger partial charge is 0.452 e. The second kappa shape index (κ2) is 9.11. The van der Waals surface area contributed by atoms with E-state index in [9.17, 15) is 9.59 Å². The molecule has 0 unspecified atom stereocenters. The zero-order valence-corrected chi connectivity index (χ0v) is 17.3. The normalized spacial score (nSPS) is 10.4. The van der Waals surface area contributed by atoms with Gasteiger partial charge >= 0.3 is 5.97 Å². The molecule has 3 aromatic carbocycles. The quantitative estimate of drug-likeness (QED) is 0.464. The van der Waals surface area contributed by atoms with Gasteiger partial charge in [0.05, 0.1) is 28.0 Å². The number of pyridine rings is 1. The van der Waals surface area contributed by atoms with E-state index in [1.165, 1.54) is 0 Å². The highest BCUT2D eigenvalue weighted by molar-refractivity contribution is 6.05. The van der Waals surface area contributed by atoms with E-state index < -0.39 is 18.5 Å². The number of rotatable bonds is 5. The Balaban J connectivity index is 1.57. The molecule has 4 rings (SSSR count). The number of nitrogens with one attached hydrogen (secondary N) is 1. The second-order valence-corrected chi connectivity index (χ2v) is 7.22. The molecule has 32 heavy (non-hydrogen) atoms. The fraction of sp³-hybridized carbons (Fsp3) is 0.0769. The number of amides is 1. The van der Waals surface area contributed by atoms with Crippen LogP contribution in [0.2, 0.25) is 0 Å². The van der Waals surface area contributed by atoms with Crippen molar-refractivity contribution in [1.82, 2.24) is 4.98 Å². The van der Waals surface area contributed by atoms with Gasteiger partial charge in [0, 0.05) is 10.9 Å². The number of ether oxygens (including phenoxy) is 1. The number of carbonyl (C=O) groups excluding carboxylic acids is 2. The number of carbonyl (C=O) groups is 2. The van der Waals surface area contributed by atoms with Crippen LogP contribution in [0.5, 0.6) is 0 Å². The van der Waals surface area contributed by atoms with Crippen LogP contribution in [0.3, 0.4) is 0 Å². The molecule has 6 nitrogen and oxygen atoms in total. The number of benzene rings is 3. The first kappa shape index (κ1) is 20.8. The maximum Gasteiger partial charge on any atom is 0.339 e. The molecule has 4 aromatic rings. The number of nitriles is 1. The monoisotopic (exact) mass is 421 g/mol. The lowest BCUT2D eigenvalue weighted by Gasteiger charge is -2.11. The molecule has 0 bridgehead atoms. The molecule has 0 radical (unpaired) electrons. The molecule has 0 aliphatic carbocycles. The third-order valence-corrected chi connectivity index (χ3v) is 4.94. The van der Waals surface area contributed by atoms with Gasteiger partial charge in [0.25, 0.3) is 5.91 Å². The molecule has 1 heterocycles. The average molecular weight is 421 g/mol. The van der Waals surface area contributed by atoms with Crippen molar-refractivity contribution in [2.45, 2.75) is 6.92 Å². The summed E-state index contributed by atoms with van der Waals surface area (Å²) in [5.74, 6) is -1.15. The number of nitrogens with zero attached hydrogens (tertiary/aromatic N) is 2. The average Bonchev–Trinajstić information content (AvgIpc) is 2.82. The third-order valence-electron chi connectivity index (χ3n) is 4.94. The molecule has 1 N–H and O–H groups in total. The Morgan fingerprint density at radius 3 is 2.50 bits per heavy atom. The van der Waals surface area contributed by atoms with Crippen LogP contribution in [0.15, 0.2) is 78.9 Å². The van der Waals surface area contributed by atoms with E-state index in [1.54, 1.807) is 36.4 Å². The Morgan fingerprint density at radius 1 is 1.00 bits per heavy atom. The maximum absolute atomic E-state index is 12.9. The molecular weight excluding hydrogens is 402 g/mol. The number of hydrogen-bond acceptors (Lipinski definition) is 5. The predicted molar refractivity (Wildman–Crippen MR) is 122 cm³/mol. The molecule has 0 aliphatic rings. The van der Waals surface area contributed by atoms with Gasteiger partial charge in [0.15, 0.2) is 6.61 Å². The molecule has 0 saturated heterocycles. The smallest absolute Gasteiger partial charge is 0.339 e. The van der Waals surface area contributed by atoms with Crippen LogP contribution in [0.4, 0.5) is 5.69 Å². The first-order chi connectivity index (χ1) is 15.5. The van der Waals surface area contributed by atoms with Crippen molar-refractivity contribution in [3.63, 3.8) is 0 Å². The number of fused-ring (bicyclic) bond motifs is 1. The Bertz CT molecular complexity index is 1360. The number of anilines is 1. The summed E-state index contributed by atoms with van der Waals surface area (Å²) >= 11 is 0. The number of aromatic nitrogens is 1. The van der Waals surface area contributed by atoms with Crippen LogP contribution in [0, 0.1) is 18.3 Å². The van der Waals surface area contributed by atoms with Crippen molar-refractivity contribution in [3.8, 4) is 17.3 Å². The number of esters is 1. The van der Waals surface area contributed by atoms with Gasteiger partial charge in [-0.25, -0.2) is 9.78 Å². The zero-order chi connectivity index (χ0) is 22.5. The Hall–Kier alpha value is -4.50. The van der Waals surface area contributed by atoms with Gasteiger partial charge in [0.2, 0.25) is 0 Å². The SMILES string of the molecule is Cc1ccc(-c2cc(C(=O)OCC(=O)Nc3ccccc3C#N)c3ccccc3n2)cc1. The van der Waals surface area contributed by atoms with Gasteiger partial charge in [-0.2, -0.15) is 5.26 Å². The fourth-order valence-corrected chi connectivity index (χ4v) is 3.30. The lowest BCUT2D eigenvalue weighted by Crippen LogP contribution is -2.21. The van der Waals surface area contributed by atoms with Crippen molar-refractivity contribution < 1.29 is 14.3 Å². The molecule has 1 aromatic heterocycles. The first-order valence-corrected chi connectivity index (χ1v) is 9.98. The summed E-state index contributed by atoms with van der Waals surface area (Å²) in [7, 11) is 0. The third kappa shape index (κ3) is 4.47.